The van der Waals surface area contributed by atoms with E-state index in [1.165, 1.54) is 0 Å². The van der Waals surface area contributed by atoms with E-state index in [9.17, 15) is 14.4 Å². The third-order valence-electron chi connectivity index (χ3n) is 3.66. The van der Waals surface area contributed by atoms with Crippen LogP contribution in [0.4, 0.5) is 0 Å². The molecule has 0 spiro atoms. The zero-order chi connectivity index (χ0) is 16.6. The molecule has 1 heterocycles. The van der Waals surface area contributed by atoms with Crippen LogP contribution in [0.5, 0.6) is 0 Å². The molecule has 0 bridgehead atoms. The van der Waals surface area contributed by atoms with Crippen molar-refractivity contribution in [1.29, 1.82) is 0 Å². The van der Waals surface area contributed by atoms with Gasteiger partial charge in [-0.2, -0.15) is 0 Å². The Kier molecular flexibility index (Phi) is 3.70. The number of imide groups is 1. The van der Waals surface area contributed by atoms with E-state index in [0.29, 0.717) is 16.7 Å². The van der Waals surface area contributed by atoms with Crippen LogP contribution < -0.4 is 0 Å². The van der Waals surface area contributed by atoms with Crippen molar-refractivity contribution >= 4 is 17.8 Å². The summed E-state index contributed by atoms with van der Waals surface area (Å²) in [5.41, 5.74) is 2.95. The summed E-state index contributed by atoms with van der Waals surface area (Å²) >= 11 is 0. The summed E-state index contributed by atoms with van der Waals surface area (Å²) in [7, 11) is 0. The van der Waals surface area contributed by atoms with Gasteiger partial charge in [-0.25, -0.2) is 9.69 Å². The average Bonchev–Trinajstić information content (AvgIpc) is 2.76. The fourth-order valence-corrected chi connectivity index (χ4v) is 2.66. The topological polar surface area (TPSA) is 63.7 Å². The lowest BCUT2D eigenvalue weighted by atomic mass is 10.1. The van der Waals surface area contributed by atoms with Gasteiger partial charge < -0.3 is 4.74 Å². The maximum Gasteiger partial charge on any atom is 0.339 e. The first-order valence-electron chi connectivity index (χ1n) is 7.18. The van der Waals surface area contributed by atoms with Gasteiger partial charge in [-0.15, -0.1) is 0 Å². The summed E-state index contributed by atoms with van der Waals surface area (Å²) in [4.78, 5) is 37.4. The Morgan fingerprint density at radius 1 is 0.957 bits per heavy atom. The number of hydrogen-bond donors (Lipinski definition) is 0. The molecule has 0 saturated heterocycles. The number of hydrogen-bond acceptors (Lipinski definition) is 4. The van der Waals surface area contributed by atoms with Crippen LogP contribution >= 0.6 is 0 Å². The van der Waals surface area contributed by atoms with Crippen LogP contribution in [-0.2, 0) is 4.74 Å². The van der Waals surface area contributed by atoms with E-state index < -0.39 is 24.5 Å². The van der Waals surface area contributed by atoms with Crippen LogP contribution in [0.3, 0.4) is 0 Å². The van der Waals surface area contributed by atoms with Crippen LogP contribution in [0, 0.1) is 13.8 Å². The second-order valence-corrected chi connectivity index (χ2v) is 5.52. The van der Waals surface area contributed by atoms with Crippen molar-refractivity contribution in [2.24, 2.45) is 0 Å². The molecule has 2 amide bonds. The molecule has 2 aromatic rings. The van der Waals surface area contributed by atoms with Crippen molar-refractivity contribution in [3.63, 3.8) is 0 Å². The maximum absolute atomic E-state index is 12.2. The molecule has 0 aliphatic carbocycles. The fraction of sp³-hybridized carbons (Fsp3) is 0.167. The normalized spacial score (nSPS) is 13.2. The monoisotopic (exact) mass is 309 g/mol. The van der Waals surface area contributed by atoms with Crippen molar-refractivity contribution < 1.29 is 19.1 Å². The summed E-state index contributed by atoms with van der Waals surface area (Å²) in [6.07, 6.45) is 0. The quantitative estimate of drug-likeness (QED) is 0.646. The largest absolute Gasteiger partial charge is 0.440 e. The first-order chi connectivity index (χ1) is 11.0. The summed E-state index contributed by atoms with van der Waals surface area (Å²) in [6, 6.07) is 11.9. The molecule has 0 N–H and O–H groups in total. The lowest BCUT2D eigenvalue weighted by Crippen LogP contribution is -2.33. The molecule has 0 radical (unpaired) electrons. The number of amides is 2. The van der Waals surface area contributed by atoms with Gasteiger partial charge in [0, 0.05) is 0 Å². The van der Waals surface area contributed by atoms with Gasteiger partial charge in [0.1, 0.15) is 0 Å². The van der Waals surface area contributed by atoms with Crippen LogP contribution in [0.25, 0.3) is 0 Å². The summed E-state index contributed by atoms with van der Waals surface area (Å²) < 4.78 is 5.14. The Bertz CT molecular complexity index is 770. The van der Waals surface area contributed by atoms with Crippen molar-refractivity contribution in [3.8, 4) is 0 Å². The van der Waals surface area contributed by atoms with Crippen LogP contribution in [0.2, 0.25) is 0 Å². The van der Waals surface area contributed by atoms with Gasteiger partial charge in [-0.05, 0) is 38.1 Å². The first-order valence-corrected chi connectivity index (χ1v) is 7.18. The molecule has 0 saturated carbocycles. The second kappa shape index (κ2) is 5.68. The standard InChI is InChI=1S/C18H15NO4/c1-11-7-12(2)9-13(8-11)18(22)23-10-19-16(20)14-5-3-4-6-15(14)17(19)21/h3-9H,10H2,1-2H3. The van der Waals surface area contributed by atoms with Crippen molar-refractivity contribution in [2.45, 2.75) is 13.8 Å². The van der Waals surface area contributed by atoms with Crippen molar-refractivity contribution in [2.75, 3.05) is 6.73 Å². The molecule has 0 unspecified atom stereocenters. The van der Waals surface area contributed by atoms with Crippen molar-refractivity contribution in [3.05, 3.63) is 70.3 Å². The SMILES string of the molecule is Cc1cc(C)cc(C(=O)OCN2C(=O)c3ccccc3C2=O)c1. The zero-order valence-corrected chi connectivity index (χ0v) is 12.8. The third kappa shape index (κ3) is 2.73. The van der Waals surface area contributed by atoms with Gasteiger partial charge in [0.25, 0.3) is 11.8 Å². The Morgan fingerprint density at radius 3 is 2.00 bits per heavy atom. The van der Waals surface area contributed by atoms with E-state index in [2.05, 4.69) is 0 Å². The third-order valence-corrected chi connectivity index (χ3v) is 3.66. The van der Waals surface area contributed by atoms with Gasteiger partial charge in [0.2, 0.25) is 0 Å². The number of carbonyl (C=O) groups is 3. The molecule has 0 fully saturated rings. The average molecular weight is 309 g/mol. The van der Waals surface area contributed by atoms with Gasteiger partial charge in [0.15, 0.2) is 6.73 Å². The van der Waals surface area contributed by atoms with Gasteiger partial charge >= 0.3 is 5.97 Å². The highest BCUT2D eigenvalue weighted by atomic mass is 16.5. The second-order valence-electron chi connectivity index (χ2n) is 5.52. The van der Waals surface area contributed by atoms with E-state index >= 15 is 0 Å². The highest BCUT2D eigenvalue weighted by molar-refractivity contribution is 6.21. The van der Waals surface area contributed by atoms with Gasteiger partial charge in [-0.3, -0.25) is 9.59 Å². The number of fused-ring (bicyclic) bond motifs is 1. The van der Waals surface area contributed by atoms with Crippen LogP contribution in [-0.4, -0.2) is 29.4 Å². The van der Waals surface area contributed by atoms with E-state index in [4.69, 9.17) is 4.74 Å². The molecular weight excluding hydrogens is 294 g/mol. The molecule has 5 heteroatoms. The molecule has 0 aromatic heterocycles. The van der Waals surface area contributed by atoms with E-state index in [1.807, 2.05) is 19.9 Å². The number of ether oxygens (including phenoxy) is 1. The molecule has 1 aliphatic heterocycles. The Hall–Kier alpha value is -2.95. The van der Waals surface area contributed by atoms with E-state index in [0.717, 1.165) is 16.0 Å². The smallest absolute Gasteiger partial charge is 0.339 e. The minimum atomic E-state index is -0.562. The predicted octanol–water partition coefficient (Wildman–Crippen LogP) is 2.71. The molecule has 23 heavy (non-hydrogen) atoms. The van der Waals surface area contributed by atoms with Crippen molar-refractivity contribution in [1.82, 2.24) is 4.90 Å². The van der Waals surface area contributed by atoms with E-state index in [-0.39, 0.29) is 0 Å². The highest BCUT2D eigenvalue weighted by Gasteiger charge is 2.35. The number of rotatable bonds is 3. The number of esters is 1. The molecule has 116 valence electrons. The van der Waals surface area contributed by atoms with Crippen LogP contribution in [0.1, 0.15) is 42.2 Å². The van der Waals surface area contributed by atoms with Gasteiger partial charge in [0.05, 0.1) is 16.7 Å². The Balaban J connectivity index is 1.73. The highest BCUT2D eigenvalue weighted by Crippen LogP contribution is 2.22. The predicted molar refractivity (Wildman–Crippen MR) is 83.1 cm³/mol. The number of aryl methyl sites for hydroxylation is 2. The zero-order valence-electron chi connectivity index (χ0n) is 12.8. The Morgan fingerprint density at radius 2 is 1.48 bits per heavy atom. The molecule has 5 nitrogen and oxygen atoms in total. The lowest BCUT2D eigenvalue weighted by Gasteiger charge is -2.14. The summed E-state index contributed by atoms with van der Waals surface area (Å²) in [5, 5.41) is 0. The van der Waals surface area contributed by atoms with Crippen LogP contribution in [0.15, 0.2) is 42.5 Å². The Labute approximate surface area is 133 Å². The minimum absolute atomic E-state index is 0.333. The molecule has 1 aliphatic rings. The molecular formula is C18H15NO4. The fourth-order valence-electron chi connectivity index (χ4n) is 2.66. The first kappa shape index (κ1) is 15.0. The molecule has 2 aromatic carbocycles. The number of nitrogens with zero attached hydrogens (tertiary/aromatic N) is 1. The summed E-state index contributed by atoms with van der Waals surface area (Å²) in [5.74, 6) is -1.45. The molecule has 0 atom stereocenters. The lowest BCUT2D eigenvalue weighted by molar-refractivity contribution is 0.0228. The van der Waals surface area contributed by atoms with Gasteiger partial charge in [-0.1, -0.05) is 29.3 Å². The molecule has 3 rings (SSSR count). The minimum Gasteiger partial charge on any atom is -0.440 e. The summed E-state index contributed by atoms with van der Waals surface area (Å²) in [6.45, 7) is 3.38. The number of carbonyl (C=O) groups excluding carboxylic acids is 3. The van der Waals surface area contributed by atoms with E-state index in [1.54, 1.807) is 36.4 Å². The maximum atomic E-state index is 12.2. The number of benzene rings is 2.